The fourth-order valence-electron chi connectivity index (χ4n) is 3.52. The molecule has 0 unspecified atom stereocenters. The summed E-state index contributed by atoms with van der Waals surface area (Å²) in [5.41, 5.74) is 6.10. The fourth-order valence-corrected chi connectivity index (χ4v) is 3.52. The molecule has 0 heterocycles. The summed E-state index contributed by atoms with van der Waals surface area (Å²) in [6.45, 7) is 6.79. The van der Waals surface area contributed by atoms with Crippen LogP contribution in [0, 0.1) is 0 Å². The van der Waals surface area contributed by atoms with Crippen molar-refractivity contribution in [2.24, 2.45) is 0 Å². The van der Waals surface area contributed by atoms with E-state index in [4.69, 9.17) is 0 Å². The van der Waals surface area contributed by atoms with E-state index >= 15 is 0 Å². The molecule has 0 radical (unpaired) electrons. The monoisotopic (exact) mass is 468 g/mol. The Bertz CT molecular complexity index is 698. The van der Waals surface area contributed by atoms with E-state index in [9.17, 15) is 0 Å². The molecular formula is C27H32Fe2-8. The quantitative estimate of drug-likeness (QED) is 0.209. The zero-order valence-corrected chi connectivity index (χ0v) is 19.9. The van der Waals surface area contributed by atoms with E-state index in [1.54, 1.807) is 0 Å². The minimum atomic E-state index is 0. The van der Waals surface area contributed by atoms with Gasteiger partial charge in [0.15, 0.2) is 0 Å². The van der Waals surface area contributed by atoms with Gasteiger partial charge in [-0.2, -0.15) is 52.6 Å². The van der Waals surface area contributed by atoms with E-state index < -0.39 is 0 Å². The Balaban J connectivity index is 0.000000537. The summed E-state index contributed by atoms with van der Waals surface area (Å²) in [6, 6.07) is 33.6. The van der Waals surface area contributed by atoms with Crippen molar-refractivity contribution >= 4 is 0 Å². The second-order valence-electron chi connectivity index (χ2n) is 6.61. The molecule has 0 aliphatic rings. The molecule has 4 aromatic rings. The first-order valence-electron chi connectivity index (χ1n) is 10.1. The van der Waals surface area contributed by atoms with E-state index in [0.717, 1.165) is 12.8 Å². The molecule has 0 atom stereocenters. The predicted molar refractivity (Wildman–Crippen MR) is 119 cm³/mol. The van der Waals surface area contributed by atoms with Gasteiger partial charge in [-0.3, -0.25) is 0 Å². The zero-order chi connectivity index (χ0) is 19.3. The van der Waals surface area contributed by atoms with Crippen LogP contribution in [0.2, 0.25) is 0 Å². The molecule has 0 aromatic heterocycles. The van der Waals surface area contributed by atoms with Gasteiger partial charge in [0, 0.05) is 34.1 Å². The minimum absolute atomic E-state index is 0. The van der Waals surface area contributed by atoms with Crippen molar-refractivity contribution in [1.29, 1.82) is 0 Å². The van der Waals surface area contributed by atoms with Crippen molar-refractivity contribution in [1.82, 2.24) is 0 Å². The van der Waals surface area contributed by atoms with Crippen molar-refractivity contribution in [2.75, 3.05) is 0 Å². The first kappa shape index (κ1) is 27.4. The van der Waals surface area contributed by atoms with Crippen LogP contribution in [0.25, 0.3) is 0 Å². The van der Waals surface area contributed by atoms with Gasteiger partial charge in [0.25, 0.3) is 0 Å². The van der Waals surface area contributed by atoms with Crippen LogP contribution in [0.4, 0.5) is 0 Å². The van der Waals surface area contributed by atoms with Crippen LogP contribution in [0.1, 0.15) is 55.4 Å². The van der Waals surface area contributed by atoms with E-state index in [0.29, 0.717) is 5.92 Å². The van der Waals surface area contributed by atoms with Gasteiger partial charge < -0.3 is 30.3 Å². The zero-order valence-electron chi connectivity index (χ0n) is 17.6. The molecule has 0 amide bonds. The van der Waals surface area contributed by atoms with E-state index in [1.165, 1.54) is 28.7 Å². The molecule has 2 heteroatoms. The molecular weight excluding hydrogens is 436 g/mol. The number of rotatable bonds is 5. The van der Waals surface area contributed by atoms with Crippen LogP contribution >= 0.6 is 0 Å². The minimum Gasteiger partial charge on any atom is -0.748 e. The largest absolute Gasteiger partial charge is 0.748 e. The molecule has 0 saturated heterocycles. The second-order valence-corrected chi connectivity index (χ2v) is 6.61. The molecule has 4 rings (SSSR count). The third-order valence-electron chi connectivity index (χ3n) is 4.92. The summed E-state index contributed by atoms with van der Waals surface area (Å²) >= 11 is 0. The van der Waals surface area contributed by atoms with Crippen molar-refractivity contribution in [3.63, 3.8) is 0 Å². The summed E-state index contributed by atoms with van der Waals surface area (Å²) in [7, 11) is 0. The maximum Gasteiger partial charge on any atom is 0 e. The van der Waals surface area contributed by atoms with Gasteiger partial charge in [0.1, 0.15) is 0 Å². The Morgan fingerprint density at radius 3 is 1.38 bits per heavy atom. The van der Waals surface area contributed by atoms with Gasteiger partial charge in [-0.25, -0.2) is 36.4 Å². The first-order chi connectivity index (χ1) is 13.3. The summed E-state index contributed by atoms with van der Waals surface area (Å²) in [4.78, 5) is 0. The molecule has 0 saturated carbocycles. The molecule has 4 aromatic carbocycles. The second kappa shape index (κ2) is 16.3. The number of aryl methyl sites for hydroxylation is 2. The van der Waals surface area contributed by atoms with E-state index in [1.807, 2.05) is 60.7 Å². The summed E-state index contributed by atoms with van der Waals surface area (Å²) < 4.78 is 0. The van der Waals surface area contributed by atoms with Crippen LogP contribution in [0.15, 0.2) is 97.1 Å². The van der Waals surface area contributed by atoms with Gasteiger partial charge in [0.2, 0.25) is 0 Å². The third-order valence-corrected chi connectivity index (χ3v) is 4.92. The van der Waals surface area contributed by atoms with Gasteiger partial charge in [-0.15, -0.1) is 0 Å². The SMILES string of the molecule is CCc1ccc[c-]1C(CC)[c-]1cccc1CC.[Fe].[Fe].[cH-]1[cH-][cH-][cH-][cH-]1.c1cc[cH-]c1. The molecule has 0 aliphatic carbocycles. The van der Waals surface area contributed by atoms with Crippen LogP contribution in [0.3, 0.4) is 0 Å². The topological polar surface area (TPSA) is 0 Å². The fraction of sp³-hybridized carbons (Fsp3) is 0.259. The van der Waals surface area contributed by atoms with Crippen LogP contribution < -0.4 is 0 Å². The van der Waals surface area contributed by atoms with Crippen molar-refractivity contribution in [3.8, 4) is 0 Å². The van der Waals surface area contributed by atoms with Gasteiger partial charge >= 0.3 is 0 Å². The van der Waals surface area contributed by atoms with E-state index in [-0.39, 0.29) is 34.1 Å². The molecule has 0 fully saturated rings. The Morgan fingerprint density at radius 1 is 0.690 bits per heavy atom. The molecule has 0 aliphatic heterocycles. The molecule has 0 bridgehead atoms. The smallest absolute Gasteiger partial charge is 0 e. The summed E-state index contributed by atoms with van der Waals surface area (Å²) in [5, 5.41) is 0. The van der Waals surface area contributed by atoms with Crippen LogP contribution in [-0.2, 0) is 47.0 Å². The molecule has 0 N–H and O–H groups in total. The number of hydrogen-bond acceptors (Lipinski definition) is 0. The third kappa shape index (κ3) is 8.77. The Kier molecular flexibility index (Phi) is 15.4. The summed E-state index contributed by atoms with van der Waals surface area (Å²) in [6.07, 6.45) is 3.47. The van der Waals surface area contributed by atoms with Gasteiger partial charge in [0.05, 0.1) is 0 Å². The predicted octanol–water partition coefficient (Wildman–Crippen LogP) is 7.60. The summed E-state index contributed by atoms with van der Waals surface area (Å²) in [5.74, 6) is 0.588. The number of hydrogen-bond donors (Lipinski definition) is 0. The normalized spacial score (nSPS) is 9.38. The van der Waals surface area contributed by atoms with Crippen molar-refractivity contribution in [2.45, 2.75) is 46.0 Å². The maximum absolute atomic E-state index is 2.31. The first-order valence-corrected chi connectivity index (χ1v) is 10.1. The molecule has 29 heavy (non-hydrogen) atoms. The average Bonchev–Trinajstić information content (AvgIpc) is 3.53. The average molecular weight is 468 g/mol. The van der Waals surface area contributed by atoms with Crippen molar-refractivity contribution < 1.29 is 34.1 Å². The van der Waals surface area contributed by atoms with Crippen molar-refractivity contribution in [3.05, 3.63) is 119 Å². The Labute approximate surface area is 198 Å². The Hall–Kier alpha value is -1.56. The molecule has 164 valence electrons. The van der Waals surface area contributed by atoms with E-state index in [2.05, 4.69) is 57.2 Å². The maximum atomic E-state index is 2.31. The molecule has 0 nitrogen and oxygen atoms in total. The van der Waals surface area contributed by atoms with Gasteiger partial charge in [-0.1, -0.05) is 46.0 Å². The standard InChI is InChI=1S/C17H22.2C5H5.2Fe/c1-4-13-9-7-11-16(13)15(6-3)17-12-8-10-14(17)5-2;2*1-2-4-5-3-1;;/h7-12,15H,4-6H2,1-3H3;2*1-5H;;/q-2;-5;-1;;. The van der Waals surface area contributed by atoms with Gasteiger partial charge in [-0.05, 0) is 0 Å². The van der Waals surface area contributed by atoms with Crippen LogP contribution in [-0.4, -0.2) is 0 Å². The van der Waals surface area contributed by atoms with Crippen LogP contribution in [0.5, 0.6) is 0 Å². The Morgan fingerprint density at radius 2 is 1.10 bits per heavy atom. The molecule has 0 spiro atoms.